The predicted molar refractivity (Wildman–Crippen MR) is 128 cm³/mol. The third-order valence-corrected chi connectivity index (χ3v) is 6.32. The molecule has 0 aliphatic carbocycles. The fourth-order valence-electron chi connectivity index (χ4n) is 4.46. The maximum atomic E-state index is 13.6. The Morgan fingerprint density at radius 1 is 1.15 bits per heavy atom. The van der Waals surface area contributed by atoms with Gasteiger partial charge in [-0.3, -0.25) is 9.80 Å². The van der Waals surface area contributed by atoms with Crippen molar-refractivity contribution in [1.82, 2.24) is 25.4 Å². The van der Waals surface area contributed by atoms with E-state index in [1.807, 2.05) is 46.5 Å². The minimum atomic E-state index is -0.302. The third kappa shape index (κ3) is 4.52. The summed E-state index contributed by atoms with van der Waals surface area (Å²) in [5.41, 5.74) is 5.73. The van der Waals surface area contributed by atoms with Gasteiger partial charge < -0.3 is 19.3 Å². The second-order valence-corrected chi connectivity index (χ2v) is 8.76. The molecule has 176 valence electrons. The molecular weight excluding hydrogens is 432 g/mol. The average Bonchev–Trinajstić information content (AvgIpc) is 3.51. The van der Waals surface area contributed by atoms with E-state index < -0.39 is 0 Å². The largest absolute Gasteiger partial charge is 0.508 e. The normalized spacial score (nSPS) is 19.0. The molecule has 0 saturated carbocycles. The zero-order valence-corrected chi connectivity index (χ0v) is 19.3. The molecule has 2 N–H and O–H groups in total. The Bertz CT molecular complexity index is 1180. The molecule has 0 radical (unpaired) electrons. The van der Waals surface area contributed by atoms with Crippen LogP contribution in [0.3, 0.4) is 0 Å². The number of aromatic hydroxyl groups is 1. The van der Waals surface area contributed by atoms with Crippen LogP contribution in [0.25, 0.3) is 11.5 Å². The number of hydrogen-bond acceptors (Lipinski definition) is 8. The van der Waals surface area contributed by atoms with Crippen molar-refractivity contribution in [3.05, 3.63) is 72.3 Å². The monoisotopic (exact) mass is 460 g/mol. The summed E-state index contributed by atoms with van der Waals surface area (Å²) in [6.07, 6.45) is 5.44. The van der Waals surface area contributed by atoms with Crippen molar-refractivity contribution in [2.75, 3.05) is 25.1 Å². The molecule has 9 heteroatoms. The van der Waals surface area contributed by atoms with E-state index in [2.05, 4.69) is 27.6 Å². The van der Waals surface area contributed by atoms with Crippen molar-refractivity contribution in [3.63, 3.8) is 0 Å². The first-order chi connectivity index (χ1) is 16.5. The van der Waals surface area contributed by atoms with Crippen molar-refractivity contribution >= 4 is 11.6 Å². The van der Waals surface area contributed by atoms with E-state index in [4.69, 9.17) is 4.42 Å². The molecule has 1 aromatic heterocycles. The van der Waals surface area contributed by atoms with Gasteiger partial charge in [-0.15, -0.1) is 10.2 Å². The fraction of sp³-hybridized carbons (Fsp3) is 0.320. The number of anilines is 1. The second kappa shape index (κ2) is 9.28. The number of likely N-dealkylation sites (tertiary alicyclic amines) is 1. The summed E-state index contributed by atoms with van der Waals surface area (Å²) in [6, 6.07) is 14.4. The summed E-state index contributed by atoms with van der Waals surface area (Å²) in [7, 11) is 2.11. The van der Waals surface area contributed by atoms with Crippen LogP contribution in [0, 0.1) is 6.92 Å². The van der Waals surface area contributed by atoms with Gasteiger partial charge in [-0.25, -0.2) is 5.43 Å². The number of nitrogens with one attached hydrogen (secondary N) is 1. The molecular formula is C25H28N6O3. The minimum absolute atomic E-state index is 0.0614. The number of aryl methyl sites for hydroxylation is 1. The number of aromatic nitrogens is 2. The number of rotatable bonds is 5. The van der Waals surface area contributed by atoms with Crippen molar-refractivity contribution in [2.24, 2.45) is 0 Å². The van der Waals surface area contributed by atoms with Crippen LogP contribution in [0.5, 0.6) is 5.75 Å². The zero-order chi connectivity index (χ0) is 23.7. The number of phenolic OH excluding ortho intramolecular Hbond substituents is 1. The molecule has 2 aliphatic heterocycles. The molecule has 9 nitrogen and oxygen atoms in total. The number of benzene rings is 2. The molecule has 1 atom stereocenters. The van der Waals surface area contributed by atoms with Gasteiger partial charge in [0.1, 0.15) is 11.9 Å². The highest BCUT2D eigenvalue weighted by Gasteiger charge is 2.34. The van der Waals surface area contributed by atoms with E-state index in [0.29, 0.717) is 17.3 Å². The van der Waals surface area contributed by atoms with E-state index in [0.717, 1.165) is 37.2 Å². The zero-order valence-electron chi connectivity index (χ0n) is 19.3. The van der Waals surface area contributed by atoms with Crippen LogP contribution in [-0.2, 0) is 0 Å². The van der Waals surface area contributed by atoms with Crippen LogP contribution >= 0.6 is 0 Å². The molecule has 1 saturated heterocycles. The highest BCUT2D eigenvalue weighted by Crippen LogP contribution is 2.28. The van der Waals surface area contributed by atoms with Crippen molar-refractivity contribution in [1.29, 1.82) is 0 Å². The summed E-state index contributed by atoms with van der Waals surface area (Å²) in [5, 5.41) is 19.6. The van der Waals surface area contributed by atoms with Gasteiger partial charge in [-0.1, -0.05) is 6.07 Å². The summed E-state index contributed by atoms with van der Waals surface area (Å²) >= 11 is 0. The molecule has 34 heavy (non-hydrogen) atoms. The topological polar surface area (TPSA) is 98.0 Å². The number of carbonyl (C=O) groups excluding carboxylic acids is 1. The predicted octanol–water partition coefficient (Wildman–Crippen LogP) is 3.15. The molecule has 1 amide bonds. The number of hydrazine groups is 1. The number of phenols is 1. The van der Waals surface area contributed by atoms with Gasteiger partial charge >= 0.3 is 0 Å². The van der Waals surface area contributed by atoms with Crippen LogP contribution in [-0.4, -0.2) is 63.4 Å². The van der Waals surface area contributed by atoms with E-state index in [1.54, 1.807) is 31.2 Å². The summed E-state index contributed by atoms with van der Waals surface area (Å²) in [6.45, 7) is 3.64. The summed E-state index contributed by atoms with van der Waals surface area (Å²) in [5.74, 6) is 1.06. The molecule has 3 heterocycles. The molecule has 2 aromatic carbocycles. The molecule has 3 aromatic rings. The number of carbonyl (C=O) groups is 1. The first-order valence-electron chi connectivity index (χ1n) is 11.4. The maximum Gasteiger partial charge on any atom is 0.255 e. The van der Waals surface area contributed by atoms with E-state index in [1.165, 1.54) is 0 Å². The lowest BCUT2D eigenvalue weighted by molar-refractivity contribution is 0.0487. The Balaban J connectivity index is 1.38. The summed E-state index contributed by atoms with van der Waals surface area (Å²) in [4.78, 5) is 17.8. The Morgan fingerprint density at radius 3 is 2.62 bits per heavy atom. The lowest BCUT2D eigenvalue weighted by Crippen LogP contribution is -2.56. The van der Waals surface area contributed by atoms with Gasteiger partial charge in [-0.05, 0) is 81.5 Å². The molecule has 0 bridgehead atoms. The fourth-order valence-corrected chi connectivity index (χ4v) is 4.46. The quantitative estimate of drug-likeness (QED) is 0.599. The van der Waals surface area contributed by atoms with Crippen molar-refractivity contribution in [2.45, 2.75) is 32.0 Å². The van der Waals surface area contributed by atoms with E-state index >= 15 is 0 Å². The van der Waals surface area contributed by atoms with E-state index in [-0.39, 0.29) is 23.9 Å². The van der Waals surface area contributed by atoms with E-state index in [9.17, 15) is 9.90 Å². The average molecular weight is 461 g/mol. The van der Waals surface area contributed by atoms with Crippen molar-refractivity contribution < 1.29 is 14.3 Å². The SMILES string of the molecule is Cc1nnc(-c2cccc(N3C=CC(N(C(=O)c4ccc(O)cc4)C4CCN(C)CC4)N3)c2)o1. The highest BCUT2D eigenvalue weighted by atomic mass is 16.4. The van der Waals surface area contributed by atoms with Gasteiger partial charge in [-0.2, -0.15) is 0 Å². The third-order valence-electron chi connectivity index (χ3n) is 6.32. The molecule has 1 unspecified atom stereocenters. The first kappa shape index (κ1) is 22.1. The first-order valence-corrected chi connectivity index (χ1v) is 11.4. The smallest absolute Gasteiger partial charge is 0.255 e. The molecule has 2 aliphatic rings. The van der Waals surface area contributed by atoms with Crippen LogP contribution in [0.15, 0.2) is 65.2 Å². The molecule has 1 fully saturated rings. The second-order valence-electron chi connectivity index (χ2n) is 8.76. The number of amides is 1. The van der Waals surface area contributed by atoms with Gasteiger partial charge in [0.2, 0.25) is 11.8 Å². The Kier molecular flexibility index (Phi) is 6.04. The van der Waals surface area contributed by atoms with Crippen molar-refractivity contribution in [3.8, 4) is 17.2 Å². The lowest BCUT2D eigenvalue weighted by Gasteiger charge is -2.40. The Hall–Kier alpha value is -3.69. The van der Waals surface area contributed by atoms with Crippen LogP contribution in [0.4, 0.5) is 5.69 Å². The molecule has 5 rings (SSSR count). The van der Waals surface area contributed by atoms with Gasteiger partial charge in [0, 0.05) is 30.3 Å². The Morgan fingerprint density at radius 2 is 1.91 bits per heavy atom. The lowest BCUT2D eigenvalue weighted by atomic mass is 10.0. The minimum Gasteiger partial charge on any atom is -0.508 e. The number of hydrogen-bond donors (Lipinski definition) is 2. The maximum absolute atomic E-state index is 13.6. The number of piperidine rings is 1. The highest BCUT2D eigenvalue weighted by molar-refractivity contribution is 5.95. The molecule has 0 spiro atoms. The standard InChI is InChI=1S/C25H28N6O3/c1-17-26-27-24(34-17)19-4-3-5-21(16-19)30-15-12-23(28-30)31(20-10-13-29(2)14-11-20)25(33)18-6-8-22(32)9-7-18/h3-9,12,15-16,20,23,28,32H,10-11,13-14H2,1-2H3. The Labute approximate surface area is 198 Å². The number of nitrogens with zero attached hydrogens (tertiary/aromatic N) is 5. The van der Waals surface area contributed by atoms with Crippen LogP contribution < -0.4 is 10.4 Å². The van der Waals surface area contributed by atoms with Gasteiger partial charge in [0.25, 0.3) is 5.91 Å². The van der Waals surface area contributed by atoms with Crippen LogP contribution in [0.2, 0.25) is 0 Å². The van der Waals surface area contributed by atoms with Gasteiger partial charge in [0.15, 0.2) is 0 Å². The van der Waals surface area contributed by atoms with Gasteiger partial charge in [0.05, 0.1) is 5.69 Å². The van der Waals surface area contributed by atoms with Crippen LogP contribution in [0.1, 0.15) is 29.1 Å². The summed E-state index contributed by atoms with van der Waals surface area (Å²) < 4.78 is 5.57.